The maximum Gasteiger partial charge on any atom is 0.0543 e. The molecule has 3 rings (SSSR count). The second-order valence-corrected chi connectivity index (χ2v) is 7.82. The van der Waals surface area contributed by atoms with Gasteiger partial charge in [0.2, 0.25) is 0 Å². The van der Waals surface area contributed by atoms with E-state index in [2.05, 4.69) is 53.2 Å². The lowest BCUT2D eigenvalue weighted by atomic mass is 9.91. The molecule has 1 unspecified atom stereocenters. The van der Waals surface area contributed by atoms with Crippen LogP contribution >= 0.6 is 0 Å². The first-order chi connectivity index (χ1) is 10.0. The fourth-order valence-corrected chi connectivity index (χ4v) is 3.60. The maximum absolute atomic E-state index is 4.56. The molecule has 4 heteroatoms. The highest BCUT2D eigenvalue weighted by molar-refractivity contribution is 5.13. The molecule has 21 heavy (non-hydrogen) atoms. The van der Waals surface area contributed by atoms with Crippen LogP contribution in [0.25, 0.3) is 0 Å². The van der Waals surface area contributed by atoms with E-state index in [4.69, 9.17) is 0 Å². The van der Waals surface area contributed by atoms with Crippen LogP contribution in [0.1, 0.15) is 51.5 Å². The Balaban J connectivity index is 1.52. The number of aromatic nitrogens is 2. The molecule has 0 bridgehead atoms. The highest BCUT2D eigenvalue weighted by Crippen LogP contribution is 2.29. The summed E-state index contributed by atoms with van der Waals surface area (Å²) in [4.78, 5) is 2.67. The van der Waals surface area contributed by atoms with Crippen LogP contribution in [0.3, 0.4) is 0 Å². The Morgan fingerprint density at radius 3 is 2.57 bits per heavy atom. The normalized spacial score (nSPS) is 25.6. The summed E-state index contributed by atoms with van der Waals surface area (Å²) in [5.74, 6) is 1.59. The first-order valence-electron chi connectivity index (χ1n) is 8.50. The molecule has 1 aromatic rings. The molecule has 0 amide bonds. The van der Waals surface area contributed by atoms with E-state index in [1.165, 1.54) is 57.5 Å². The van der Waals surface area contributed by atoms with Gasteiger partial charge in [0.1, 0.15) is 0 Å². The molecule has 1 aromatic heterocycles. The van der Waals surface area contributed by atoms with Crippen LogP contribution in [-0.2, 0) is 5.54 Å². The third kappa shape index (κ3) is 3.67. The van der Waals surface area contributed by atoms with Crippen molar-refractivity contribution in [1.29, 1.82) is 0 Å². The van der Waals surface area contributed by atoms with Crippen molar-refractivity contribution >= 4 is 0 Å². The Labute approximate surface area is 128 Å². The molecule has 0 aromatic carbocycles. The van der Waals surface area contributed by atoms with Crippen molar-refractivity contribution in [2.45, 2.75) is 51.5 Å². The van der Waals surface area contributed by atoms with Crippen molar-refractivity contribution in [3.8, 4) is 0 Å². The van der Waals surface area contributed by atoms with Crippen LogP contribution in [0.4, 0.5) is 0 Å². The molecular weight excluding hydrogens is 260 g/mol. The summed E-state index contributed by atoms with van der Waals surface area (Å²) in [6.07, 6.45) is 8.29. The number of hydrogen-bond acceptors (Lipinski definition) is 3. The summed E-state index contributed by atoms with van der Waals surface area (Å²) in [6, 6.07) is 0. The number of piperidine rings is 1. The minimum Gasteiger partial charge on any atom is -0.316 e. The Hall–Kier alpha value is -0.870. The molecular formula is C17H30N4. The van der Waals surface area contributed by atoms with Gasteiger partial charge in [-0.1, -0.05) is 0 Å². The van der Waals surface area contributed by atoms with Gasteiger partial charge in [-0.2, -0.15) is 5.10 Å². The zero-order valence-corrected chi connectivity index (χ0v) is 13.8. The van der Waals surface area contributed by atoms with Crippen LogP contribution in [0.15, 0.2) is 12.4 Å². The quantitative estimate of drug-likeness (QED) is 0.928. The summed E-state index contributed by atoms with van der Waals surface area (Å²) in [6.45, 7) is 12.9. The predicted molar refractivity (Wildman–Crippen MR) is 86.6 cm³/mol. The third-order valence-corrected chi connectivity index (χ3v) is 5.03. The van der Waals surface area contributed by atoms with Crippen LogP contribution < -0.4 is 5.32 Å². The molecule has 0 spiro atoms. The van der Waals surface area contributed by atoms with E-state index in [-0.39, 0.29) is 5.54 Å². The van der Waals surface area contributed by atoms with Gasteiger partial charge in [0.15, 0.2) is 0 Å². The van der Waals surface area contributed by atoms with Gasteiger partial charge in [0.05, 0.1) is 11.7 Å². The molecule has 2 fully saturated rings. The van der Waals surface area contributed by atoms with Gasteiger partial charge in [-0.3, -0.25) is 4.68 Å². The first kappa shape index (κ1) is 15.0. The van der Waals surface area contributed by atoms with Gasteiger partial charge in [-0.25, -0.2) is 0 Å². The highest BCUT2D eigenvalue weighted by atomic mass is 15.3. The van der Waals surface area contributed by atoms with Gasteiger partial charge in [0.25, 0.3) is 0 Å². The lowest BCUT2D eigenvalue weighted by molar-refractivity contribution is 0.187. The van der Waals surface area contributed by atoms with E-state index in [9.17, 15) is 0 Å². The van der Waals surface area contributed by atoms with E-state index in [0.717, 1.165) is 5.92 Å². The molecule has 2 aliphatic rings. The standard InChI is InChI=1S/C17H30N4/c1-17(2,3)21-13-16(11-19-21)15-5-8-20(9-6-15)12-14-4-7-18-10-14/h11,13-15,18H,4-10,12H2,1-3H3. The summed E-state index contributed by atoms with van der Waals surface area (Å²) < 4.78 is 2.11. The highest BCUT2D eigenvalue weighted by Gasteiger charge is 2.25. The predicted octanol–water partition coefficient (Wildman–Crippen LogP) is 2.43. The van der Waals surface area contributed by atoms with Crippen molar-refractivity contribution in [3.05, 3.63) is 18.0 Å². The Bertz CT molecular complexity index is 446. The van der Waals surface area contributed by atoms with Crippen LogP contribution in [0, 0.1) is 5.92 Å². The fourth-order valence-electron chi connectivity index (χ4n) is 3.60. The molecule has 2 saturated heterocycles. The van der Waals surface area contributed by atoms with E-state index in [1.54, 1.807) is 0 Å². The topological polar surface area (TPSA) is 33.1 Å². The summed E-state index contributed by atoms with van der Waals surface area (Å²) in [7, 11) is 0. The van der Waals surface area contributed by atoms with Crippen molar-refractivity contribution in [2.24, 2.45) is 5.92 Å². The van der Waals surface area contributed by atoms with Crippen molar-refractivity contribution in [1.82, 2.24) is 20.0 Å². The molecule has 0 radical (unpaired) electrons. The molecule has 0 saturated carbocycles. The average Bonchev–Trinajstić information content (AvgIpc) is 3.09. The van der Waals surface area contributed by atoms with Gasteiger partial charge < -0.3 is 10.2 Å². The van der Waals surface area contributed by atoms with Crippen molar-refractivity contribution in [3.63, 3.8) is 0 Å². The van der Waals surface area contributed by atoms with Crippen molar-refractivity contribution < 1.29 is 0 Å². The Morgan fingerprint density at radius 1 is 1.24 bits per heavy atom. The van der Waals surface area contributed by atoms with E-state index in [0.29, 0.717) is 5.92 Å². The number of hydrogen-bond donors (Lipinski definition) is 1. The van der Waals surface area contributed by atoms with E-state index >= 15 is 0 Å². The monoisotopic (exact) mass is 290 g/mol. The third-order valence-electron chi connectivity index (χ3n) is 5.03. The van der Waals surface area contributed by atoms with Gasteiger partial charge in [0, 0.05) is 12.7 Å². The molecule has 4 nitrogen and oxygen atoms in total. The zero-order valence-electron chi connectivity index (χ0n) is 13.8. The molecule has 0 aliphatic carbocycles. The van der Waals surface area contributed by atoms with Gasteiger partial charge >= 0.3 is 0 Å². The smallest absolute Gasteiger partial charge is 0.0543 e. The van der Waals surface area contributed by atoms with Crippen molar-refractivity contribution in [2.75, 3.05) is 32.7 Å². The summed E-state index contributed by atoms with van der Waals surface area (Å²) in [5, 5.41) is 8.04. The second kappa shape index (κ2) is 6.09. The minimum absolute atomic E-state index is 0.0917. The molecule has 3 heterocycles. The largest absolute Gasteiger partial charge is 0.316 e. The molecule has 2 aliphatic heterocycles. The Kier molecular flexibility index (Phi) is 4.36. The number of nitrogens with one attached hydrogen (secondary N) is 1. The van der Waals surface area contributed by atoms with E-state index < -0.39 is 0 Å². The summed E-state index contributed by atoms with van der Waals surface area (Å²) >= 11 is 0. The second-order valence-electron chi connectivity index (χ2n) is 7.82. The average molecular weight is 290 g/mol. The number of nitrogens with zero attached hydrogens (tertiary/aromatic N) is 3. The number of likely N-dealkylation sites (tertiary alicyclic amines) is 1. The minimum atomic E-state index is 0.0917. The van der Waals surface area contributed by atoms with E-state index in [1.807, 2.05) is 0 Å². The van der Waals surface area contributed by atoms with Gasteiger partial charge in [-0.05, 0) is 83.6 Å². The molecule has 118 valence electrons. The van der Waals surface area contributed by atoms with Crippen LogP contribution in [0.2, 0.25) is 0 Å². The lowest BCUT2D eigenvalue weighted by Crippen LogP contribution is -2.37. The number of rotatable bonds is 3. The van der Waals surface area contributed by atoms with Crippen LogP contribution in [-0.4, -0.2) is 47.4 Å². The molecule has 1 N–H and O–H groups in total. The lowest BCUT2D eigenvalue weighted by Gasteiger charge is -2.33. The fraction of sp³-hybridized carbons (Fsp3) is 0.824. The maximum atomic E-state index is 4.56. The molecule has 1 atom stereocenters. The van der Waals surface area contributed by atoms with Crippen LogP contribution in [0.5, 0.6) is 0 Å². The SMILES string of the molecule is CC(C)(C)n1cc(C2CCN(CC3CCNC3)CC2)cn1. The zero-order chi connectivity index (χ0) is 14.9. The van der Waals surface area contributed by atoms with Gasteiger partial charge in [-0.15, -0.1) is 0 Å². The first-order valence-corrected chi connectivity index (χ1v) is 8.50. The summed E-state index contributed by atoms with van der Waals surface area (Å²) in [5.41, 5.74) is 1.53. The Morgan fingerprint density at radius 2 is 2.00 bits per heavy atom.